The molecule has 0 N–H and O–H groups in total. The molecular weight excluding hydrogens is 574 g/mol. The smallest absolute Gasteiger partial charge is 0.159 e. The minimum Gasteiger partial charge on any atom is -0.456 e. The van der Waals surface area contributed by atoms with Crippen molar-refractivity contribution in [2.75, 3.05) is 4.90 Å². The summed E-state index contributed by atoms with van der Waals surface area (Å²) in [6, 6.07) is 57.8. The molecule has 0 saturated carbocycles. The molecule has 8 aromatic carbocycles. The van der Waals surface area contributed by atoms with Crippen LogP contribution in [0.15, 0.2) is 173 Å². The summed E-state index contributed by atoms with van der Waals surface area (Å²) >= 11 is 0. The maximum Gasteiger partial charge on any atom is 0.159 e. The number of rotatable bonds is 4. The summed E-state index contributed by atoms with van der Waals surface area (Å²) in [7, 11) is 0. The van der Waals surface area contributed by atoms with Crippen LogP contribution in [-0.2, 0) is 0 Å². The number of hydrogen-bond donors (Lipinski definition) is 0. The van der Waals surface area contributed by atoms with Gasteiger partial charge in [0.05, 0.1) is 17.1 Å². The van der Waals surface area contributed by atoms with Crippen LogP contribution in [0.3, 0.4) is 0 Å². The van der Waals surface area contributed by atoms with Crippen LogP contribution in [0.4, 0.5) is 17.1 Å². The highest BCUT2D eigenvalue weighted by Crippen LogP contribution is 2.47. The van der Waals surface area contributed by atoms with Crippen LogP contribution in [0, 0.1) is 0 Å². The van der Waals surface area contributed by atoms with Gasteiger partial charge in [-0.1, -0.05) is 121 Å². The van der Waals surface area contributed by atoms with Crippen LogP contribution in [0.2, 0.25) is 0 Å². The van der Waals surface area contributed by atoms with Gasteiger partial charge in [0.15, 0.2) is 5.58 Å². The Hall–Kier alpha value is -6.32. The van der Waals surface area contributed by atoms with Crippen LogP contribution in [0.5, 0.6) is 0 Å². The molecule has 0 spiro atoms. The van der Waals surface area contributed by atoms with E-state index in [4.69, 9.17) is 8.83 Å². The molecule has 47 heavy (non-hydrogen) atoms. The van der Waals surface area contributed by atoms with E-state index in [1.54, 1.807) is 0 Å². The van der Waals surface area contributed by atoms with Gasteiger partial charge in [-0.3, -0.25) is 0 Å². The molecule has 0 aliphatic heterocycles. The van der Waals surface area contributed by atoms with Gasteiger partial charge in [0.2, 0.25) is 0 Å². The Bertz CT molecular complexity index is 2810. The molecule has 0 unspecified atom stereocenters. The van der Waals surface area contributed by atoms with E-state index < -0.39 is 0 Å². The minimum absolute atomic E-state index is 0.847. The van der Waals surface area contributed by atoms with Crippen molar-refractivity contribution in [1.29, 1.82) is 0 Å². The molecule has 0 amide bonds. The van der Waals surface area contributed by atoms with Gasteiger partial charge in [-0.05, 0) is 58.3 Å². The van der Waals surface area contributed by atoms with E-state index >= 15 is 0 Å². The molecule has 0 bridgehead atoms. The molecule has 0 aliphatic carbocycles. The van der Waals surface area contributed by atoms with E-state index in [1.807, 2.05) is 12.1 Å². The third kappa shape index (κ3) is 3.93. The molecule has 3 nitrogen and oxygen atoms in total. The van der Waals surface area contributed by atoms with E-state index in [2.05, 4.69) is 157 Å². The van der Waals surface area contributed by atoms with Crippen LogP contribution in [-0.4, -0.2) is 0 Å². The summed E-state index contributed by atoms with van der Waals surface area (Å²) in [4.78, 5) is 2.33. The van der Waals surface area contributed by atoms with Gasteiger partial charge >= 0.3 is 0 Å². The van der Waals surface area contributed by atoms with Gasteiger partial charge in [0.25, 0.3) is 0 Å². The molecule has 2 aromatic heterocycles. The van der Waals surface area contributed by atoms with Crippen molar-refractivity contribution in [3.63, 3.8) is 0 Å². The number of benzene rings is 8. The average Bonchev–Trinajstić information content (AvgIpc) is 3.71. The van der Waals surface area contributed by atoms with Crippen molar-refractivity contribution in [1.82, 2.24) is 0 Å². The Morgan fingerprint density at radius 3 is 1.94 bits per heavy atom. The van der Waals surface area contributed by atoms with Gasteiger partial charge in [0.1, 0.15) is 16.7 Å². The fourth-order valence-corrected chi connectivity index (χ4v) is 7.30. The summed E-state index contributed by atoms with van der Waals surface area (Å²) in [5.74, 6) is 0. The van der Waals surface area contributed by atoms with Gasteiger partial charge in [-0.25, -0.2) is 0 Å². The monoisotopic (exact) mass is 601 g/mol. The summed E-state index contributed by atoms with van der Waals surface area (Å²) in [5, 5.41) is 9.02. The first-order chi connectivity index (χ1) is 23.3. The van der Waals surface area contributed by atoms with Crippen LogP contribution in [0.25, 0.3) is 76.5 Å². The fourth-order valence-electron chi connectivity index (χ4n) is 7.30. The minimum atomic E-state index is 0.847. The van der Waals surface area contributed by atoms with E-state index in [0.29, 0.717) is 0 Å². The Morgan fingerprint density at radius 1 is 0.362 bits per heavy atom. The van der Waals surface area contributed by atoms with Crippen molar-refractivity contribution in [3.8, 4) is 11.1 Å². The number of furan rings is 2. The molecular formula is C44H27NO2. The average molecular weight is 602 g/mol. The molecule has 0 radical (unpaired) electrons. The number of anilines is 3. The van der Waals surface area contributed by atoms with E-state index in [1.165, 1.54) is 16.5 Å². The summed E-state index contributed by atoms with van der Waals surface area (Å²) in [6.45, 7) is 0. The molecule has 220 valence electrons. The van der Waals surface area contributed by atoms with Crippen molar-refractivity contribution in [2.24, 2.45) is 0 Å². The van der Waals surface area contributed by atoms with E-state index in [-0.39, 0.29) is 0 Å². The Kier molecular flexibility index (Phi) is 5.57. The lowest BCUT2D eigenvalue weighted by atomic mass is 9.96. The second-order valence-electron chi connectivity index (χ2n) is 12.1. The van der Waals surface area contributed by atoms with Crippen molar-refractivity contribution in [3.05, 3.63) is 164 Å². The quantitative estimate of drug-likeness (QED) is 0.201. The molecule has 0 aliphatic rings. The molecule has 0 fully saturated rings. The maximum absolute atomic E-state index is 6.90. The lowest BCUT2D eigenvalue weighted by molar-refractivity contribution is 0.668. The predicted molar refractivity (Wildman–Crippen MR) is 196 cm³/mol. The number of hydrogen-bond acceptors (Lipinski definition) is 3. The summed E-state index contributed by atoms with van der Waals surface area (Å²) in [6.07, 6.45) is 0. The molecule has 0 saturated heterocycles. The maximum atomic E-state index is 6.90. The van der Waals surface area contributed by atoms with Crippen molar-refractivity contribution < 1.29 is 8.83 Å². The van der Waals surface area contributed by atoms with E-state index in [0.717, 1.165) is 77.1 Å². The van der Waals surface area contributed by atoms with Crippen LogP contribution >= 0.6 is 0 Å². The lowest BCUT2D eigenvalue weighted by Crippen LogP contribution is -2.11. The third-order valence-electron chi connectivity index (χ3n) is 9.46. The summed E-state index contributed by atoms with van der Waals surface area (Å²) in [5.41, 5.74) is 8.90. The number of nitrogens with zero attached hydrogens (tertiary/aromatic N) is 1. The van der Waals surface area contributed by atoms with Gasteiger partial charge < -0.3 is 13.7 Å². The zero-order chi connectivity index (χ0) is 30.9. The Morgan fingerprint density at radius 2 is 1.04 bits per heavy atom. The largest absolute Gasteiger partial charge is 0.456 e. The zero-order valence-electron chi connectivity index (χ0n) is 25.4. The highest BCUT2D eigenvalue weighted by molar-refractivity contribution is 6.18. The second kappa shape index (κ2) is 10.1. The zero-order valence-corrected chi connectivity index (χ0v) is 25.4. The van der Waals surface area contributed by atoms with Crippen LogP contribution < -0.4 is 4.90 Å². The standard InChI is InChI=1S/C44H27NO2/c1-2-11-28(12-3-1)31-25-26-39(34-16-7-6-15-33(31)34)45(30-22-24-36-35-17-8-9-20-41(35)46-42(36)27-30)40-19-10-18-37-38-23-21-29-13-4-5-14-32(29)43(38)47-44(37)40/h1-27H. The van der Waals surface area contributed by atoms with Gasteiger partial charge in [0, 0.05) is 38.4 Å². The molecule has 10 rings (SSSR count). The first-order valence-corrected chi connectivity index (χ1v) is 15.9. The van der Waals surface area contributed by atoms with Crippen molar-refractivity contribution in [2.45, 2.75) is 0 Å². The molecule has 2 heterocycles. The van der Waals surface area contributed by atoms with Gasteiger partial charge in [-0.2, -0.15) is 0 Å². The van der Waals surface area contributed by atoms with Gasteiger partial charge in [-0.15, -0.1) is 0 Å². The second-order valence-corrected chi connectivity index (χ2v) is 12.1. The number of fused-ring (bicyclic) bond motifs is 9. The topological polar surface area (TPSA) is 29.5 Å². The molecule has 10 aromatic rings. The van der Waals surface area contributed by atoms with E-state index in [9.17, 15) is 0 Å². The SMILES string of the molecule is c1ccc(-c2ccc(N(c3ccc4c(c3)oc3ccccc34)c3cccc4c3oc3c5ccccc5ccc43)c3ccccc23)cc1. The predicted octanol–water partition coefficient (Wildman–Crippen LogP) is 12.9. The number of para-hydroxylation sites is 2. The fraction of sp³-hybridized carbons (Fsp3) is 0. The lowest BCUT2D eigenvalue weighted by Gasteiger charge is -2.27. The first-order valence-electron chi connectivity index (χ1n) is 15.9. The first kappa shape index (κ1) is 26.0. The normalized spacial score (nSPS) is 11.8. The Labute approximate surface area is 270 Å². The highest BCUT2D eigenvalue weighted by atomic mass is 16.3. The summed E-state index contributed by atoms with van der Waals surface area (Å²) < 4.78 is 13.3. The van der Waals surface area contributed by atoms with Crippen LogP contribution in [0.1, 0.15) is 0 Å². The highest BCUT2D eigenvalue weighted by Gasteiger charge is 2.23. The third-order valence-corrected chi connectivity index (χ3v) is 9.46. The van der Waals surface area contributed by atoms with Crippen molar-refractivity contribution >= 4 is 82.5 Å². The molecule has 3 heteroatoms. The molecule has 0 atom stereocenters. The Balaban J connectivity index is 1.29.